The number of fused-ring (bicyclic) bond motifs is 1. The summed E-state index contributed by atoms with van der Waals surface area (Å²) in [6.45, 7) is 0. The SMILES string of the molecule is C[S+]([O-])c1ccc(F)c(-c2nc3cnccc3[nH]2)c1. The highest BCUT2D eigenvalue weighted by molar-refractivity contribution is 7.90. The van der Waals surface area contributed by atoms with Crippen molar-refractivity contribution in [2.24, 2.45) is 0 Å². The third-order valence-corrected chi connectivity index (χ3v) is 3.73. The first-order valence-corrected chi connectivity index (χ1v) is 7.14. The second-order valence-corrected chi connectivity index (χ2v) is 5.45. The van der Waals surface area contributed by atoms with E-state index < -0.39 is 17.0 Å². The van der Waals surface area contributed by atoms with Gasteiger partial charge in [-0.15, -0.1) is 0 Å². The Kier molecular flexibility index (Phi) is 2.96. The summed E-state index contributed by atoms with van der Waals surface area (Å²) in [5.41, 5.74) is 1.76. The molecule has 96 valence electrons. The lowest BCUT2D eigenvalue weighted by molar-refractivity contribution is 0.599. The van der Waals surface area contributed by atoms with Gasteiger partial charge in [0, 0.05) is 12.3 Å². The van der Waals surface area contributed by atoms with Gasteiger partial charge in [0.25, 0.3) is 0 Å². The molecule has 0 aliphatic rings. The number of rotatable bonds is 2. The molecule has 1 N–H and O–H groups in total. The Morgan fingerprint density at radius 1 is 1.32 bits per heavy atom. The van der Waals surface area contributed by atoms with Gasteiger partial charge in [-0.05, 0) is 29.4 Å². The van der Waals surface area contributed by atoms with E-state index in [-0.39, 0.29) is 0 Å². The van der Waals surface area contributed by atoms with Crippen LogP contribution in [0.15, 0.2) is 41.6 Å². The van der Waals surface area contributed by atoms with Crippen LogP contribution in [0.5, 0.6) is 0 Å². The van der Waals surface area contributed by atoms with Crippen molar-refractivity contribution in [3.05, 3.63) is 42.5 Å². The van der Waals surface area contributed by atoms with Gasteiger partial charge < -0.3 is 9.54 Å². The number of halogens is 1. The van der Waals surface area contributed by atoms with Gasteiger partial charge in [0.15, 0.2) is 4.90 Å². The summed E-state index contributed by atoms with van der Waals surface area (Å²) in [4.78, 5) is 11.8. The summed E-state index contributed by atoms with van der Waals surface area (Å²) >= 11 is -1.16. The van der Waals surface area contributed by atoms with Crippen LogP contribution >= 0.6 is 0 Å². The molecule has 0 aliphatic carbocycles. The smallest absolute Gasteiger partial charge is 0.153 e. The van der Waals surface area contributed by atoms with Gasteiger partial charge in [0.2, 0.25) is 0 Å². The molecule has 2 heterocycles. The third kappa shape index (κ3) is 2.20. The lowest BCUT2D eigenvalue weighted by Gasteiger charge is -2.06. The molecule has 1 atom stereocenters. The minimum atomic E-state index is -1.16. The second kappa shape index (κ2) is 4.64. The number of hydrogen-bond acceptors (Lipinski definition) is 3. The van der Waals surface area contributed by atoms with E-state index in [1.807, 2.05) is 0 Å². The molecular formula is C13H10FN3OS. The molecule has 4 nitrogen and oxygen atoms in total. The standard InChI is InChI=1S/C13H10FN3OS/c1-19(18)8-2-3-10(14)9(6-8)13-16-11-4-5-15-7-12(11)17-13/h2-7H,1H3,(H,16,17). The zero-order valence-electron chi connectivity index (χ0n) is 10.1. The lowest BCUT2D eigenvalue weighted by Crippen LogP contribution is -1.98. The van der Waals surface area contributed by atoms with Gasteiger partial charge in [-0.1, -0.05) is 0 Å². The summed E-state index contributed by atoms with van der Waals surface area (Å²) in [6.07, 6.45) is 4.80. The van der Waals surface area contributed by atoms with Crippen LogP contribution in [-0.2, 0) is 11.2 Å². The highest BCUT2D eigenvalue weighted by Gasteiger charge is 2.14. The van der Waals surface area contributed by atoms with E-state index in [4.69, 9.17) is 0 Å². The summed E-state index contributed by atoms with van der Waals surface area (Å²) < 4.78 is 25.3. The summed E-state index contributed by atoms with van der Waals surface area (Å²) in [7, 11) is 0. The number of benzene rings is 1. The van der Waals surface area contributed by atoms with Crippen LogP contribution in [0.2, 0.25) is 0 Å². The van der Waals surface area contributed by atoms with Crippen molar-refractivity contribution in [2.45, 2.75) is 4.90 Å². The van der Waals surface area contributed by atoms with Crippen molar-refractivity contribution in [2.75, 3.05) is 6.26 Å². The van der Waals surface area contributed by atoms with Crippen LogP contribution in [0, 0.1) is 5.82 Å². The summed E-state index contributed by atoms with van der Waals surface area (Å²) in [6, 6.07) is 6.14. The van der Waals surface area contributed by atoms with Crippen LogP contribution < -0.4 is 0 Å². The highest BCUT2D eigenvalue weighted by atomic mass is 32.2. The van der Waals surface area contributed by atoms with E-state index in [1.54, 1.807) is 30.8 Å². The van der Waals surface area contributed by atoms with Crippen LogP contribution in [0.3, 0.4) is 0 Å². The average molecular weight is 275 g/mol. The maximum absolute atomic E-state index is 13.9. The molecule has 1 unspecified atom stereocenters. The lowest BCUT2D eigenvalue weighted by atomic mass is 10.2. The van der Waals surface area contributed by atoms with Gasteiger partial charge in [-0.25, -0.2) is 9.37 Å². The zero-order valence-corrected chi connectivity index (χ0v) is 10.9. The fraction of sp³-hybridized carbons (Fsp3) is 0.0769. The largest absolute Gasteiger partial charge is 0.612 e. The molecule has 2 aromatic heterocycles. The van der Waals surface area contributed by atoms with E-state index in [0.717, 1.165) is 5.52 Å². The maximum atomic E-state index is 13.9. The Balaban J connectivity index is 2.17. The number of H-pyrrole nitrogens is 1. The second-order valence-electron chi connectivity index (χ2n) is 4.07. The van der Waals surface area contributed by atoms with E-state index in [1.165, 1.54) is 12.1 Å². The molecule has 1 aromatic carbocycles. The molecule has 0 aliphatic heterocycles. The Hall–Kier alpha value is -1.92. The molecular weight excluding hydrogens is 265 g/mol. The average Bonchev–Trinajstić information content (AvgIpc) is 2.82. The van der Waals surface area contributed by atoms with Crippen molar-refractivity contribution < 1.29 is 8.94 Å². The van der Waals surface area contributed by atoms with Crippen LogP contribution in [0.4, 0.5) is 4.39 Å². The van der Waals surface area contributed by atoms with E-state index in [2.05, 4.69) is 15.0 Å². The molecule has 3 aromatic rings. The minimum absolute atomic E-state index is 0.309. The monoisotopic (exact) mass is 275 g/mol. The van der Waals surface area contributed by atoms with E-state index in [9.17, 15) is 8.94 Å². The van der Waals surface area contributed by atoms with Crippen molar-refractivity contribution in [1.82, 2.24) is 15.0 Å². The molecule has 3 rings (SSSR count). The predicted octanol–water partition coefficient (Wildman–Crippen LogP) is 2.50. The highest BCUT2D eigenvalue weighted by Crippen LogP contribution is 2.25. The fourth-order valence-electron chi connectivity index (χ4n) is 1.85. The first-order valence-electron chi connectivity index (χ1n) is 5.58. The van der Waals surface area contributed by atoms with Crippen LogP contribution in [-0.4, -0.2) is 25.8 Å². The summed E-state index contributed by atoms with van der Waals surface area (Å²) in [5, 5.41) is 0. The first-order chi connectivity index (χ1) is 9.15. The molecule has 0 bridgehead atoms. The normalized spacial score (nSPS) is 12.8. The predicted molar refractivity (Wildman–Crippen MR) is 71.6 cm³/mol. The quantitative estimate of drug-likeness (QED) is 0.731. The van der Waals surface area contributed by atoms with Crippen LogP contribution in [0.25, 0.3) is 22.4 Å². The maximum Gasteiger partial charge on any atom is 0.153 e. The van der Waals surface area contributed by atoms with Crippen molar-refractivity contribution >= 4 is 22.2 Å². The van der Waals surface area contributed by atoms with Gasteiger partial charge in [-0.3, -0.25) is 4.98 Å². The Morgan fingerprint density at radius 2 is 2.16 bits per heavy atom. The van der Waals surface area contributed by atoms with Crippen LogP contribution in [0.1, 0.15) is 0 Å². The number of hydrogen-bond donors (Lipinski definition) is 1. The van der Waals surface area contributed by atoms with Gasteiger partial charge >= 0.3 is 0 Å². The van der Waals surface area contributed by atoms with E-state index >= 15 is 0 Å². The zero-order chi connectivity index (χ0) is 13.4. The number of nitrogens with one attached hydrogen (secondary N) is 1. The Labute approximate surface area is 111 Å². The van der Waals surface area contributed by atoms with Crippen molar-refractivity contribution in [1.29, 1.82) is 0 Å². The number of pyridine rings is 1. The van der Waals surface area contributed by atoms with Crippen molar-refractivity contribution in [3.8, 4) is 11.4 Å². The van der Waals surface area contributed by atoms with E-state index in [0.29, 0.717) is 21.8 Å². The van der Waals surface area contributed by atoms with Crippen molar-refractivity contribution in [3.63, 3.8) is 0 Å². The molecule has 0 radical (unpaired) electrons. The number of aromatic nitrogens is 3. The molecule has 0 spiro atoms. The third-order valence-electron chi connectivity index (χ3n) is 2.81. The molecule has 0 amide bonds. The molecule has 0 saturated carbocycles. The topological polar surface area (TPSA) is 64.6 Å². The fourth-order valence-corrected chi connectivity index (χ4v) is 2.39. The molecule has 19 heavy (non-hydrogen) atoms. The van der Waals surface area contributed by atoms with Gasteiger partial charge in [-0.2, -0.15) is 0 Å². The summed E-state index contributed by atoms with van der Waals surface area (Å²) in [5.74, 6) is 0.00835. The minimum Gasteiger partial charge on any atom is -0.612 e. The Bertz CT molecular complexity index is 709. The Morgan fingerprint density at radius 3 is 2.89 bits per heavy atom. The first kappa shape index (κ1) is 12.1. The van der Waals surface area contributed by atoms with Gasteiger partial charge in [0.1, 0.15) is 23.4 Å². The molecule has 6 heteroatoms. The van der Waals surface area contributed by atoms with Gasteiger partial charge in [0.05, 0.1) is 17.3 Å². The molecule has 0 saturated heterocycles. The molecule has 0 fully saturated rings. The number of nitrogens with zero attached hydrogens (tertiary/aromatic N) is 2. The number of imidazole rings is 1. The number of aromatic amines is 1.